The van der Waals surface area contributed by atoms with E-state index in [1.165, 1.54) is 11.6 Å². The molecule has 0 radical (unpaired) electrons. The summed E-state index contributed by atoms with van der Waals surface area (Å²) >= 11 is 0. The van der Waals surface area contributed by atoms with Crippen LogP contribution in [0, 0.1) is 0 Å². The number of aryl methyl sites for hydroxylation is 1. The summed E-state index contributed by atoms with van der Waals surface area (Å²) in [6, 6.07) is 0.286. The third-order valence-corrected chi connectivity index (χ3v) is 3.46. The molecule has 1 atom stereocenters. The van der Waals surface area contributed by atoms with E-state index in [0.29, 0.717) is 11.0 Å². The highest BCUT2D eigenvalue weighted by Gasteiger charge is 2.23. The number of anilines is 1. The minimum absolute atomic E-state index is 0.286. The van der Waals surface area contributed by atoms with Crippen LogP contribution in [0.5, 0.6) is 0 Å². The average molecular weight is 246 g/mol. The van der Waals surface area contributed by atoms with Crippen LogP contribution in [0.15, 0.2) is 15.8 Å². The molecule has 0 saturated heterocycles. The van der Waals surface area contributed by atoms with E-state index in [9.17, 15) is 9.59 Å². The van der Waals surface area contributed by atoms with E-state index in [0.717, 1.165) is 22.2 Å². The van der Waals surface area contributed by atoms with Gasteiger partial charge < -0.3 is 5.32 Å². The molecule has 1 N–H and O–H groups in total. The predicted molar refractivity (Wildman–Crippen MR) is 69.0 cm³/mol. The van der Waals surface area contributed by atoms with Gasteiger partial charge in [0.05, 0.1) is 5.69 Å². The molecule has 0 fully saturated rings. The zero-order chi connectivity index (χ0) is 13.0. The molecular weight excluding hydrogens is 232 g/mol. The highest BCUT2D eigenvalue weighted by molar-refractivity contribution is 5.91. The molecule has 6 nitrogen and oxygen atoms in total. The van der Waals surface area contributed by atoms with Gasteiger partial charge in [0.25, 0.3) is 5.56 Å². The van der Waals surface area contributed by atoms with Gasteiger partial charge in [0.2, 0.25) is 0 Å². The van der Waals surface area contributed by atoms with Crippen LogP contribution in [0.4, 0.5) is 5.69 Å². The Morgan fingerprint density at radius 3 is 2.78 bits per heavy atom. The molecule has 0 spiro atoms. The number of aromatic nitrogens is 3. The van der Waals surface area contributed by atoms with Crippen LogP contribution in [0.3, 0.4) is 0 Å². The topological polar surface area (TPSA) is 68.9 Å². The van der Waals surface area contributed by atoms with Gasteiger partial charge in [-0.3, -0.25) is 13.9 Å². The second-order valence-electron chi connectivity index (χ2n) is 4.81. The fourth-order valence-electron chi connectivity index (χ4n) is 2.51. The molecule has 0 bridgehead atoms. The molecule has 18 heavy (non-hydrogen) atoms. The van der Waals surface area contributed by atoms with Crippen LogP contribution in [0.1, 0.15) is 12.5 Å². The Morgan fingerprint density at radius 2 is 2.06 bits per heavy atom. The van der Waals surface area contributed by atoms with E-state index in [1.54, 1.807) is 13.2 Å². The zero-order valence-corrected chi connectivity index (χ0v) is 10.5. The smallest absolute Gasteiger partial charge is 0.332 e. The maximum atomic E-state index is 12.2. The van der Waals surface area contributed by atoms with Crippen molar-refractivity contribution in [1.82, 2.24) is 14.1 Å². The lowest BCUT2D eigenvalue weighted by Gasteiger charge is -2.10. The van der Waals surface area contributed by atoms with Crippen molar-refractivity contribution in [3.05, 3.63) is 32.6 Å². The summed E-state index contributed by atoms with van der Waals surface area (Å²) in [5.41, 5.74) is 1.64. The lowest BCUT2D eigenvalue weighted by atomic mass is 10.1. The van der Waals surface area contributed by atoms with Gasteiger partial charge in [-0.25, -0.2) is 9.78 Å². The maximum absolute atomic E-state index is 12.2. The molecule has 1 aliphatic rings. The Morgan fingerprint density at radius 1 is 1.33 bits per heavy atom. The Hall–Kier alpha value is -2.11. The van der Waals surface area contributed by atoms with Crippen molar-refractivity contribution in [3.63, 3.8) is 0 Å². The Kier molecular flexibility index (Phi) is 2.10. The van der Waals surface area contributed by atoms with E-state index in [2.05, 4.69) is 17.2 Å². The van der Waals surface area contributed by atoms with Crippen molar-refractivity contribution in [2.75, 3.05) is 5.32 Å². The van der Waals surface area contributed by atoms with Crippen molar-refractivity contribution in [2.45, 2.75) is 19.4 Å². The van der Waals surface area contributed by atoms with Crippen LogP contribution >= 0.6 is 0 Å². The average Bonchev–Trinajstić information content (AvgIpc) is 2.72. The molecule has 0 unspecified atom stereocenters. The molecule has 0 aromatic carbocycles. The quantitative estimate of drug-likeness (QED) is 0.709. The van der Waals surface area contributed by atoms with Crippen LogP contribution < -0.4 is 16.6 Å². The molecular formula is C12H14N4O2. The molecule has 3 rings (SSSR count). The number of nitrogens with one attached hydrogen (secondary N) is 1. The molecule has 0 amide bonds. The summed E-state index contributed by atoms with van der Waals surface area (Å²) in [7, 11) is 3.11. The van der Waals surface area contributed by atoms with Crippen molar-refractivity contribution in [3.8, 4) is 0 Å². The van der Waals surface area contributed by atoms with Gasteiger partial charge in [0.1, 0.15) is 5.39 Å². The second kappa shape index (κ2) is 3.44. The summed E-state index contributed by atoms with van der Waals surface area (Å²) < 4.78 is 2.52. The Labute approximate surface area is 103 Å². The minimum Gasteiger partial charge on any atom is -0.381 e. The summed E-state index contributed by atoms with van der Waals surface area (Å²) in [5.74, 6) is 0. The predicted octanol–water partition coefficient (Wildman–Crippen LogP) is -0.0113. The zero-order valence-electron chi connectivity index (χ0n) is 10.5. The highest BCUT2D eigenvalue weighted by atomic mass is 16.2. The fourth-order valence-corrected chi connectivity index (χ4v) is 2.51. The third-order valence-electron chi connectivity index (χ3n) is 3.46. The minimum atomic E-state index is -0.356. The van der Waals surface area contributed by atoms with Crippen LogP contribution in [-0.2, 0) is 20.5 Å². The lowest BCUT2D eigenvalue weighted by molar-refractivity contribution is 0.708. The monoisotopic (exact) mass is 246 g/mol. The lowest BCUT2D eigenvalue weighted by Crippen LogP contribution is -2.37. The standard InChI is InChI=1S/C12H14N4O2/c1-6-4-7-5-13-10-8(9(7)14-6)11(17)16(3)12(18)15(10)2/h5-6,14H,4H2,1-3H3/t6-/m1/s1. The van der Waals surface area contributed by atoms with Crippen LogP contribution in [0.2, 0.25) is 0 Å². The third kappa shape index (κ3) is 1.25. The summed E-state index contributed by atoms with van der Waals surface area (Å²) in [6.07, 6.45) is 2.59. The van der Waals surface area contributed by atoms with Crippen LogP contribution in [-0.4, -0.2) is 20.2 Å². The molecule has 1 aliphatic heterocycles. The van der Waals surface area contributed by atoms with Gasteiger partial charge >= 0.3 is 5.69 Å². The first kappa shape index (κ1) is 11.0. The largest absolute Gasteiger partial charge is 0.381 e. The van der Waals surface area contributed by atoms with E-state index >= 15 is 0 Å². The number of nitrogens with zero attached hydrogens (tertiary/aromatic N) is 3. The molecule has 3 heterocycles. The van der Waals surface area contributed by atoms with Gasteiger partial charge in [0.15, 0.2) is 5.65 Å². The normalized spacial score (nSPS) is 17.8. The Bertz CT molecular complexity index is 772. The fraction of sp³-hybridized carbons (Fsp3) is 0.417. The number of rotatable bonds is 0. The molecule has 0 aliphatic carbocycles. The highest BCUT2D eigenvalue weighted by Crippen LogP contribution is 2.29. The SMILES string of the molecule is C[C@@H]1Cc2cnc3c(c2N1)c(=O)n(C)c(=O)n3C. The van der Waals surface area contributed by atoms with Crippen molar-refractivity contribution in [1.29, 1.82) is 0 Å². The van der Waals surface area contributed by atoms with Crippen molar-refractivity contribution >= 4 is 16.7 Å². The number of pyridine rings is 1. The molecule has 2 aromatic heterocycles. The Balaban J connectivity index is 2.55. The summed E-state index contributed by atoms with van der Waals surface area (Å²) in [6.45, 7) is 2.05. The molecule has 2 aromatic rings. The van der Waals surface area contributed by atoms with Gasteiger partial charge in [0, 0.05) is 26.3 Å². The molecule has 94 valence electrons. The van der Waals surface area contributed by atoms with Gasteiger partial charge in [-0.2, -0.15) is 0 Å². The first-order valence-corrected chi connectivity index (χ1v) is 5.85. The summed E-state index contributed by atoms with van der Waals surface area (Å²) in [4.78, 5) is 28.3. The van der Waals surface area contributed by atoms with Crippen molar-refractivity contribution < 1.29 is 0 Å². The van der Waals surface area contributed by atoms with E-state index in [-0.39, 0.29) is 17.3 Å². The second-order valence-corrected chi connectivity index (χ2v) is 4.81. The van der Waals surface area contributed by atoms with Gasteiger partial charge in [-0.15, -0.1) is 0 Å². The first-order valence-electron chi connectivity index (χ1n) is 5.85. The number of fused-ring (bicyclic) bond motifs is 3. The van der Waals surface area contributed by atoms with Crippen molar-refractivity contribution in [2.24, 2.45) is 14.1 Å². The molecule has 6 heteroatoms. The van der Waals surface area contributed by atoms with Gasteiger partial charge in [-0.1, -0.05) is 0 Å². The maximum Gasteiger partial charge on any atom is 0.332 e. The van der Waals surface area contributed by atoms with Crippen LogP contribution in [0.25, 0.3) is 11.0 Å². The number of hydrogen-bond acceptors (Lipinski definition) is 4. The van der Waals surface area contributed by atoms with E-state index in [4.69, 9.17) is 0 Å². The first-order chi connectivity index (χ1) is 8.50. The van der Waals surface area contributed by atoms with E-state index in [1.807, 2.05) is 0 Å². The van der Waals surface area contributed by atoms with E-state index < -0.39 is 0 Å². The number of hydrogen-bond donors (Lipinski definition) is 1. The van der Waals surface area contributed by atoms with Gasteiger partial charge in [-0.05, 0) is 18.9 Å². The summed E-state index contributed by atoms with van der Waals surface area (Å²) in [5, 5.41) is 3.79. The molecule has 0 saturated carbocycles.